The molecule has 0 fully saturated rings. The second-order valence-corrected chi connectivity index (χ2v) is 9.42. The number of para-hydroxylation sites is 1. The molecule has 2 aromatic rings. The monoisotopic (exact) mass is 450 g/mol. The Hall–Kier alpha value is -1.61. The van der Waals surface area contributed by atoms with Crippen LogP contribution in [0.5, 0.6) is 0 Å². The molecular formula is C23H27N2NaO4S. The summed E-state index contributed by atoms with van der Waals surface area (Å²) >= 11 is 0. The van der Waals surface area contributed by atoms with Gasteiger partial charge in [0.2, 0.25) is 0 Å². The second kappa shape index (κ2) is 9.10. The Bertz CT molecular complexity index is 1080. The molecule has 0 spiro atoms. The Morgan fingerprint density at radius 2 is 1.65 bits per heavy atom. The molecule has 0 saturated carbocycles. The first-order valence-electron chi connectivity index (χ1n) is 10.2. The molecule has 4 N–H and O–H groups in total. The van der Waals surface area contributed by atoms with Crippen molar-refractivity contribution in [3.05, 3.63) is 65.2 Å². The summed E-state index contributed by atoms with van der Waals surface area (Å²) in [5.74, 6) is -0.412. The molecule has 1 aliphatic carbocycles. The summed E-state index contributed by atoms with van der Waals surface area (Å²) in [4.78, 5) is 14.2. The van der Waals surface area contributed by atoms with Crippen LogP contribution in [-0.4, -0.2) is 25.8 Å². The van der Waals surface area contributed by atoms with Gasteiger partial charge in [0.15, 0.2) is 11.6 Å². The van der Waals surface area contributed by atoms with E-state index in [-0.39, 0.29) is 58.8 Å². The van der Waals surface area contributed by atoms with Crippen LogP contribution in [0.2, 0.25) is 0 Å². The molecule has 0 atom stereocenters. The number of nitrogens with zero attached hydrogens (tertiary/aromatic N) is 1. The maximum atomic E-state index is 13.9. The van der Waals surface area contributed by atoms with Crippen molar-refractivity contribution in [2.45, 2.75) is 49.8 Å². The van der Waals surface area contributed by atoms with Crippen LogP contribution in [0.3, 0.4) is 0 Å². The van der Waals surface area contributed by atoms with Crippen molar-refractivity contribution in [2.24, 2.45) is 4.40 Å². The third-order valence-corrected chi connectivity index (χ3v) is 7.22. The quantitative estimate of drug-likeness (QED) is 0.525. The smallest absolute Gasteiger partial charge is 1.00 e. The molecule has 2 aromatic carbocycles. The SMILES string of the molecule is CCCC1(CCC)C(=O)C(C2=NS(O)(O)c3ccccc3N2)=C(O)c2ccccc21.[H-].[Na+]. The van der Waals surface area contributed by atoms with Crippen LogP contribution in [0, 0.1) is 0 Å². The van der Waals surface area contributed by atoms with E-state index in [0.29, 0.717) is 24.1 Å². The third-order valence-electron chi connectivity index (χ3n) is 5.84. The van der Waals surface area contributed by atoms with Gasteiger partial charge in [-0.1, -0.05) is 73.9 Å². The minimum Gasteiger partial charge on any atom is -1.00 e. The minimum absolute atomic E-state index is 0. The van der Waals surface area contributed by atoms with Gasteiger partial charge in [-0.2, -0.15) is 0 Å². The summed E-state index contributed by atoms with van der Waals surface area (Å²) in [6, 6.07) is 14.1. The fourth-order valence-corrected chi connectivity index (χ4v) is 5.81. The van der Waals surface area contributed by atoms with Crippen molar-refractivity contribution < 1.29 is 50.0 Å². The predicted molar refractivity (Wildman–Crippen MR) is 122 cm³/mol. The predicted octanol–water partition coefficient (Wildman–Crippen LogP) is 3.04. The van der Waals surface area contributed by atoms with Crippen molar-refractivity contribution >= 4 is 33.8 Å². The second-order valence-electron chi connectivity index (χ2n) is 7.76. The summed E-state index contributed by atoms with van der Waals surface area (Å²) < 4.78 is 25.4. The third kappa shape index (κ3) is 3.88. The number of anilines is 1. The Balaban J connectivity index is 0.00000181. The van der Waals surface area contributed by atoms with Crippen molar-refractivity contribution in [3.63, 3.8) is 0 Å². The van der Waals surface area contributed by atoms with Crippen molar-refractivity contribution in [3.8, 4) is 0 Å². The zero-order chi connectivity index (χ0) is 21.5. The van der Waals surface area contributed by atoms with Crippen LogP contribution >= 0.6 is 10.8 Å². The molecule has 0 radical (unpaired) electrons. The fourth-order valence-electron chi connectivity index (χ4n) is 4.65. The van der Waals surface area contributed by atoms with E-state index >= 15 is 0 Å². The van der Waals surface area contributed by atoms with E-state index in [1.165, 1.54) is 0 Å². The standard InChI is InChI=1S/C23H26N2O4S.Na.H/c1-3-13-23(14-4-2)16-10-6-5-9-15(16)20(26)19(21(23)27)22-24-17-11-7-8-12-18(17)30(28,29)25-22;;/h5-12,26,28-29H,3-4,13-14H2,1-2H3,(H,24,25);;/q;+1;-1. The van der Waals surface area contributed by atoms with Crippen LogP contribution in [0.15, 0.2) is 63.4 Å². The zero-order valence-electron chi connectivity index (χ0n) is 19.1. The number of Topliss-reactive ketones (excluding diaryl/α,β-unsaturated/α-hetero) is 1. The number of amidine groups is 1. The molecular weight excluding hydrogens is 423 g/mol. The van der Waals surface area contributed by atoms with E-state index in [1.807, 2.05) is 32.0 Å². The van der Waals surface area contributed by atoms with E-state index in [0.717, 1.165) is 18.4 Å². The summed E-state index contributed by atoms with van der Waals surface area (Å²) in [6.45, 7) is 4.07. The number of benzene rings is 2. The molecule has 0 amide bonds. The number of aliphatic hydroxyl groups is 1. The zero-order valence-corrected chi connectivity index (χ0v) is 20.9. The Kier molecular flexibility index (Phi) is 7.05. The molecule has 0 bridgehead atoms. The molecule has 0 aromatic heterocycles. The van der Waals surface area contributed by atoms with Crippen LogP contribution in [0.25, 0.3) is 5.76 Å². The molecule has 6 nitrogen and oxygen atoms in total. The normalized spacial score (nSPS) is 19.4. The maximum absolute atomic E-state index is 13.9. The molecule has 31 heavy (non-hydrogen) atoms. The van der Waals surface area contributed by atoms with Gasteiger partial charge in [0.1, 0.15) is 16.2 Å². The number of rotatable bonds is 5. The van der Waals surface area contributed by atoms with Gasteiger partial charge in [0.25, 0.3) is 0 Å². The molecule has 160 valence electrons. The number of nitrogens with one attached hydrogen (secondary N) is 1. The molecule has 0 unspecified atom stereocenters. The van der Waals surface area contributed by atoms with E-state index < -0.39 is 16.2 Å². The largest absolute Gasteiger partial charge is 1.00 e. The van der Waals surface area contributed by atoms with Crippen LogP contribution in [0.4, 0.5) is 5.69 Å². The summed E-state index contributed by atoms with van der Waals surface area (Å²) in [7, 11) is -3.50. The first-order chi connectivity index (χ1) is 14.4. The Morgan fingerprint density at radius 3 is 2.32 bits per heavy atom. The van der Waals surface area contributed by atoms with Crippen LogP contribution in [-0.2, 0) is 10.2 Å². The van der Waals surface area contributed by atoms with E-state index in [2.05, 4.69) is 9.71 Å². The van der Waals surface area contributed by atoms with Gasteiger partial charge in [-0.25, -0.2) is 0 Å². The first kappa shape index (κ1) is 24.0. The number of fused-ring (bicyclic) bond motifs is 2. The minimum atomic E-state index is -3.50. The van der Waals surface area contributed by atoms with Gasteiger partial charge < -0.3 is 11.8 Å². The van der Waals surface area contributed by atoms with Gasteiger partial charge >= 0.3 is 29.6 Å². The topological polar surface area (TPSA) is 102 Å². The number of aliphatic hydroxyl groups excluding tert-OH is 1. The van der Waals surface area contributed by atoms with Gasteiger partial charge in [-0.15, -0.1) is 4.40 Å². The molecule has 1 aliphatic heterocycles. The average Bonchev–Trinajstić information content (AvgIpc) is 2.72. The summed E-state index contributed by atoms with van der Waals surface area (Å²) in [5.41, 5.74) is 1.11. The van der Waals surface area contributed by atoms with Gasteiger partial charge in [-0.05, 0) is 30.5 Å². The maximum Gasteiger partial charge on any atom is 1.00 e. The van der Waals surface area contributed by atoms with Gasteiger partial charge in [0.05, 0.1) is 11.1 Å². The van der Waals surface area contributed by atoms with Crippen molar-refractivity contribution in [2.75, 3.05) is 5.32 Å². The fraction of sp³-hybridized carbons (Fsp3) is 0.304. The molecule has 2 aliphatic rings. The van der Waals surface area contributed by atoms with E-state index in [9.17, 15) is 19.0 Å². The van der Waals surface area contributed by atoms with Crippen molar-refractivity contribution in [1.82, 2.24) is 0 Å². The van der Waals surface area contributed by atoms with Crippen LogP contribution < -0.4 is 34.9 Å². The van der Waals surface area contributed by atoms with E-state index in [1.54, 1.807) is 30.3 Å². The van der Waals surface area contributed by atoms with Gasteiger partial charge in [0, 0.05) is 5.56 Å². The first-order valence-corrected chi connectivity index (χ1v) is 11.7. The number of ketones is 1. The summed E-state index contributed by atoms with van der Waals surface area (Å²) in [5, 5.41) is 14.2. The number of hydrogen-bond donors (Lipinski definition) is 4. The van der Waals surface area contributed by atoms with Crippen molar-refractivity contribution in [1.29, 1.82) is 0 Å². The summed E-state index contributed by atoms with van der Waals surface area (Å²) in [6.07, 6.45) is 2.86. The van der Waals surface area contributed by atoms with E-state index in [4.69, 9.17) is 0 Å². The number of carbonyl (C=O) groups is 1. The van der Waals surface area contributed by atoms with Gasteiger partial charge in [-0.3, -0.25) is 13.9 Å². The Morgan fingerprint density at radius 1 is 1.03 bits per heavy atom. The number of hydrogen-bond acceptors (Lipinski definition) is 6. The van der Waals surface area contributed by atoms with Crippen LogP contribution in [0.1, 0.15) is 52.1 Å². The molecule has 4 rings (SSSR count). The number of carbonyl (C=O) groups excluding carboxylic acids is 1. The molecule has 0 saturated heterocycles. The average molecular weight is 451 g/mol. The Labute approximate surface area is 207 Å². The molecule has 8 heteroatoms. The molecule has 1 heterocycles.